The minimum Gasteiger partial charge on any atom is -0.428 e. The van der Waals surface area contributed by atoms with Crippen molar-refractivity contribution in [3.8, 4) is 5.75 Å². The van der Waals surface area contributed by atoms with Crippen molar-refractivity contribution in [2.24, 2.45) is 0 Å². The number of aryl methyl sites for hydroxylation is 2. The molecule has 0 aliphatic carbocycles. The van der Waals surface area contributed by atoms with Crippen molar-refractivity contribution in [3.05, 3.63) is 41.0 Å². The average molecular weight is 328 g/mol. The third kappa shape index (κ3) is 4.28. The van der Waals surface area contributed by atoms with Crippen LogP contribution < -0.4 is 4.74 Å². The summed E-state index contributed by atoms with van der Waals surface area (Å²) in [4.78, 5) is 12.2. The van der Waals surface area contributed by atoms with Crippen LogP contribution in [0.2, 0.25) is 0 Å². The Hall–Kier alpha value is -2.03. The molecule has 130 valence electrons. The zero-order valence-electron chi connectivity index (χ0n) is 15.7. The zero-order chi connectivity index (χ0) is 17.9. The van der Waals surface area contributed by atoms with Crippen molar-refractivity contribution in [2.75, 3.05) is 0 Å². The lowest BCUT2D eigenvalue weighted by molar-refractivity contribution is 0.0207. The molecule has 0 N–H and O–H groups in total. The lowest BCUT2D eigenvalue weighted by Gasteiger charge is -2.21. The van der Waals surface area contributed by atoms with Crippen molar-refractivity contribution in [3.63, 3.8) is 0 Å². The van der Waals surface area contributed by atoms with Gasteiger partial charge in [0.25, 0.3) is 0 Å². The Balaban J connectivity index is 2.54. The normalized spacial score (nSPS) is 11.6. The highest BCUT2D eigenvalue weighted by atomic mass is 16.7. The van der Waals surface area contributed by atoms with E-state index in [0.29, 0.717) is 5.75 Å². The van der Waals surface area contributed by atoms with Gasteiger partial charge in [-0.15, -0.1) is 0 Å². The molecule has 0 spiro atoms. The van der Waals surface area contributed by atoms with E-state index in [2.05, 4.69) is 39.0 Å². The summed E-state index contributed by atoms with van der Waals surface area (Å²) in [6, 6.07) is 8.49. The first-order valence-corrected chi connectivity index (χ1v) is 8.71. The zero-order valence-corrected chi connectivity index (χ0v) is 15.7. The first kappa shape index (κ1) is 18.3. The van der Waals surface area contributed by atoms with Crippen LogP contribution in [-0.4, -0.2) is 11.8 Å². The molecule has 0 atom stereocenters. The van der Waals surface area contributed by atoms with E-state index in [-0.39, 0.29) is 0 Å². The van der Waals surface area contributed by atoms with Gasteiger partial charge in [0.15, 0.2) is 0 Å². The molecule has 2 aromatic carbocycles. The summed E-state index contributed by atoms with van der Waals surface area (Å²) in [7, 11) is 0. The van der Waals surface area contributed by atoms with E-state index in [4.69, 9.17) is 9.47 Å². The van der Waals surface area contributed by atoms with E-state index < -0.39 is 11.8 Å². The van der Waals surface area contributed by atoms with Gasteiger partial charge >= 0.3 is 6.16 Å². The summed E-state index contributed by atoms with van der Waals surface area (Å²) in [5.41, 5.74) is 2.93. The van der Waals surface area contributed by atoms with Gasteiger partial charge in [0.05, 0.1) is 0 Å². The monoisotopic (exact) mass is 328 g/mol. The van der Waals surface area contributed by atoms with E-state index in [1.165, 1.54) is 5.56 Å². The molecule has 3 nitrogen and oxygen atoms in total. The van der Waals surface area contributed by atoms with Crippen LogP contribution in [0.15, 0.2) is 24.3 Å². The molecule has 0 saturated heterocycles. The Bertz CT molecular complexity index is 739. The Morgan fingerprint density at radius 3 is 2.42 bits per heavy atom. The average Bonchev–Trinajstić information content (AvgIpc) is 2.48. The van der Waals surface area contributed by atoms with Crippen molar-refractivity contribution < 1.29 is 14.3 Å². The number of fused-ring (bicyclic) bond motifs is 1. The molecule has 0 heterocycles. The minimum atomic E-state index is -0.647. The molecule has 0 aliphatic rings. The van der Waals surface area contributed by atoms with E-state index in [1.807, 2.05) is 26.8 Å². The van der Waals surface area contributed by atoms with Gasteiger partial charge in [-0.25, -0.2) is 4.79 Å². The van der Waals surface area contributed by atoms with Gasteiger partial charge in [-0.05, 0) is 62.6 Å². The highest BCUT2D eigenvalue weighted by Crippen LogP contribution is 2.35. The van der Waals surface area contributed by atoms with Gasteiger partial charge in [-0.2, -0.15) is 0 Å². The van der Waals surface area contributed by atoms with Crippen molar-refractivity contribution in [2.45, 2.75) is 66.4 Å². The van der Waals surface area contributed by atoms with Crippen LogP contribution in [0.3, 0.4) is 0 Å². The number of ether oxygens (including phenoxy) is 2. The van der Waals surface area contributed by atoms with E-state index >= 15 is 0 Å². The lowest BCUT2D eigenvalue weighted by Crippen LogP contribution is -2.26. The van der Waals surface area contributed by atoms with E-state index in [0.717, 1.165) is 41.2 Å². The second kappa shape index (κ2) is 7.25. The third-order valence-electron chi connectivity index (χ3n) is 3.97. The smallest absolute Gasteiger partial charge is 0.428 e. The number of benzene rings is 2. The van der Waals surface area contributed by atoms with Crippen molar-refractivity contribution in [1.82, 2.24) is 0 Å². The molecular weight excluding hydrogens is 300 g/mol. The van der Waals surface area contributed by atoms with Gasteiger partial charge in [-0.3, -0.25) is 0 Å². The first-order chi connectivity index (χ1) is 11.2. The molecule has 0 amide bonds. The molecular formula is C21H28O3. The molecule has 0 aliphatic heterocycles. The molecule has 0 bridgehead atoms. The van der Waals surface area contributed by atoms with Crippen LogP contribution in [-0.2, 0) is 17.6 Å². The lowest BCUT2D eigenvalue weighted by atomic mass is 9.95. The largest absolute Gasteiger partial charge is 0.514 e. The summed E-state index contributed by atoms with van der Waals surface area (Å²) in [6.45, 7) is 11.8. The number of carbonyl (C=O) groups excluding carboxylic acids is 1. The summed E-state index contributed by atoms with van der Waals surface area (Å²) in [5, 5.41) is 2.07. The number of carbonyl (C=O) groups is 1. The van der Waals surface area contributed by atoms with Crippen LogP contribution in [0, 0.1) is 6.92 Å². The van der Waals surface area contributed by atoms with Crippen LogP contribution >= 0.6 is 0 Å². The standard InChI is InChI=1S/C21H28O3/c1-7-9-17-14(3)12-16-13-15(8-2)10-11-18(16)19(17)23-20(22)24-21(4,5)6/h10-13H,7-9H2,1-6H3. The molecule has 24 heavy (non-hydrogen) atoms. The fraction of sp³-hybridized carbons (Fsp3) is 0.476. The molecule has 3 heteroatoms. The Kier molecular flexibility index (Phi) is 5.53. The van der Waals surface area contributed by atoms with Gasteiger partial charge < -0.3 is 9.47 Å². The maximum Gasteiger partial charge on any atom is 0.514 e. The number of hydrogen-bond donors (Lipinski definition) is 0. The third-order valence-corrected chi connectivity index (χ3v) is 3.97. The Morgan fingerprint density at radius 2 is 1.83 bits per heavy atom. The van der Waals surface area contributed by atoms with Crippen LogP contribution in [0.4, 0.5) is 4.79 Å². The van der Waals surface area contributed by atoms with Crippen LogP contribution in [0.1, 0.15) is 57.7 Å². The van der Waals surface area contributed by atoms with E-state index in [9.17, 15) is 4.79 Å². The molecule has 0 fully saturated rings. The molecule has 0 saturated carbocycles. The topological polar surface area (TPSA) is 35.5 Å². The molecule has 0 unspecified atom stereocenters. The van der Waals surface area contributed by atoms with Gasteiger partial charge in [0.1, 0.15) is 11.4 Å². The summed E-state index contributed by atoms with van der Waals surface area (Å²) in [5.74, 6) is 0.642. The van der Waals surface area contributed by atoms with E-state index in [1.54, 1.807) is 0 Å². The summed E-state index contributed by atoms with van der Waals surface area (Å²) >= 11 is 0. The fourth-order valence-electron chi connectivity index (χ4n) is 2.85. The van der Waals surface area contributed by atoms with Gasteiger partial charge in [0, 0.05) is 5.39 Å². The van der Waals surface area contributed by atoms with Crippen LogP contribution in [0.5, 0.6) is 5.75 Å². The fourth-order valence-corrected chi connectivity index (χ4v) is 2.85. The molecule has 2 aromatic rings. The quantitative estimate of drug-likeness (QED) is 0.512. The molecule has 0 aromatic heterocycles. The summed E-state index contributed by atoms with van der Waals surface area (Å²) < 4.78 is 11.0. The molecule has 0 radical (unpaired) electrons. The minimum absolute atomic E-state index is 0.572. The van der Waals surface area contributed by atoms with Crippen molar-refractivity contribution in [1.29, 1.82) is 0 Å². The summed E-state index contributed by atoms with van der Waals surface area (Å²) in [6.07, 6.45) is 2.19. The highest BCUT2D eigenvalue weighted by Gasteiger charge is 2.21. The predicted octanol–water partition coefficient (Wildman–Crippen LogP) is 5.98. The maximum absolute atomic E-state index is 12.2. The second-order valence-corrected chi connectivity index (χ2v) is 7.23. The Labute approximate surface area is 145 Å². The number of rotatable bonds is 4. The maximum atomic E-state index is 12.2. The van der Waals surface area contributed by atoms with Crippen molar-refractivity contribution >= 4 is 16.9 Å². The first-order valence-electron chi connectivity index (χ1n) is 8.71. The molecule has 2 rings (SSSR count). The number of hydrogen-bond acceptors (Lipinski definition) is 3. The predicted molar refractivity (Wildman–Crippen MR) is 98.9 cm³/mol. The SMILES string of the molecule is CCCc1c(C)cc2cc(CC)ccc2c1OC(=O)OC(C)(C)C. The Morgan fingerprint density at radius 1 is 1.12 bits per heavy atom. The second-order valence-electron chi connectivity index (χ2n) is 7.23. The van der Waals surface area contributed by atoms with Gasteiger partial charge in [0.2, 0.25) is 0 Å². The highest BCUT2D eigenvalue weighted by molar-refractivity contribution is 5.92. The van der Waals surface area contributed by atoms with Gasteiger partial charge in [-0.1, -0.05) is 44.5 Å². The van der Waals surface area contributed by atoms with Crippen LogP contribution in [0.25, 0.3) is 10.8 Å².